The Hall–Kier alpha value is -1.00. The van der Waals surface area contributed by atoms with Crippen LogP contribution in [0.5, 0.6) is 0 Å². The van der Waals surface area contributed by atoms with Gasteiger partial charge < -0.3 is 10.2 Å². The number of benzene rings is 1. The molecule has 0 radical (unpaired) electrons. The van der Waals surface area contributed by atoms with Crippen molar-refractivity contribution >= 4 is 17.7 Å². The van der Waals surface area contributed by atoms with Gasteiger partial charge in [-0.25, -0.2) is 0 Å². The Morgan fingerprint density at radius 1 is 1.27 bits per heavy atom. The van der Waals surface area contributed by atoms with Gasteiger partial charge in [0.2, 0.25) is 5.91 Å². The van der Waals surface area contributed by atoms with E-state index in [9.17, 15) is 4.79 Å². The summed E-state index contributed by atoms with van der Waals surface area (Å²) in [6, 6.07) is 9.21. The maximum absolute atomic E-state index is 12.1. The smallest absolute Gasteiger partial charge is 0.233 e. The fraction of sp³-hybridized carbons (Fsp3) is 0.611. The summed E-state index contributed by atoms with van der Waals surface area (Å²) in [6.07, 6.45) is 0. The molecule has 0 spiro atoms. The molecule has 122 valence electrons. The highest BCUT2D eigenvalue weighted by Gasteiger charge is 2.32. The van der Waals surface area contributed by atoms with Gasteiger partial charge in [0.25, 0.3) is 0 Å². The lowest BCUT2D eigenvalue weighted by molar-refractivity contribution is -0.128. The van der Waals surface area contributed by atoms with E-state index in [-0.39, 0.29) is 16.7 Å². The monoisotopic (exact) mass is 320 g/mol. The van der Waals surface area contributed by atoms with E-state index >= 15 is 0 Å². The van der Waals surface area contributed by atoms with Gasteiger partial charge in [-0.3, -0.25) is 4.79 Å². The Balaban J connectivity index is 2.07. The van der Waals surface area contributed by atoms with Crippen molar-refractivity contribution in [1.82, 2.24) is 10.2 Å². The first-order chi connectivity index (χ1) is 10.3. The molecule has 1 aliphatic rings. The summed E-state index contributed by atoms with van der Waals surface area (Å²) in [5.74, 6) is 0.841. The maximum Gasteiger partial charge on any atom is 0.233 e. The van der Waals surface area contributed by atoms with Gasteiger partial charge in [0.05, 0.1) is 5.75 Å². The summed E-state index contributed by atoms with van der Waals surface area (Å²) in [6.45, 7) is 12.5. The highest BCUT2D eigenvalue weighted by atomic mass is 32.2. The van der Waals surface area contributed by atoms with Crippen molar-refractivity contribution in [2.45, 2.75) is 51.4 Å². The van der Waals surface area contributed by atoms with Crippen LogP contribution in [0.15, 0.2) is 24.3 Å². The van der Waals surface area contributed by atoms with E-state index in [1.807, 2.05) is 4.90 Å². The number of carbonyl (C=O) groups excluding carboxylic acids is 1. The highest BCUT2D eigenvalue weighted by Crippen LogP contribution is 2.38. The molecule has 0 aromatic heterocycles. The third-order valence-electron chi connectivity index (χ3n) is 3.94. The number of nitrogens with zero attached hydrogens (tertiary/aromatic N) is 1. The minimum Gasteiger partial charge on any atom is -0.325 e. The molecule has 3 nitrogen and oxygen atoms in total. The van der Waals surface area contributed by atoms with Crippen LogP contribution in [0.3, 0.4) is 0 Å². The molecule has 0 unspecified atom stereocenters. The van der Waals surface area contributed by atoms with Gasteiger partial charge in [0, 0.05) is 19.1 Å². The van der Waals surface area contributed by atoms with E-state index in [1.54, 1.807) is 11.8 Å². The number of hydrogen-bond donors (Lipinski definition) is 1. The minimum atomic E-state index is 0.162. The first kappa shape index (κ1) is 17.4. The van der Waals surface area contributed by atoms with E-state index in [4.69, 9.17) is 0 Å². The summed E-state index contributed by atoms with van der Waals surface area (Å²) < 4.78 is 0. The van der Waals surface area contributed by atoms with Crippen LogP contribution in [-0.4, -0.2) is 35.7 Å². The number of rotatable bonds is 5. The number of hydrogen-bond acceptors (Lipinski definition) is 3. The minimum absolute atomic E-state index is 0.162. The van der Waals surface area contributed by atoms with Gasteiger partial charge >= 0.3 is 0 Å². The van der Waals surface area contributed by atoms with Crippen LogP contribution in [0.1, 0.15) is 51.1 Å². The average Bonchev–Trinajstić information content (AvgIpc) is 2.79. The third-order valence-corrected chi connectivity index (χ3v) is 5.19. The zero-order valence-electron chi connectivity index (χ0n) is 14.3. The summed E-state index contributed by atoms with van der Waals surface area (Å²) in [4.78, 5) is 14.1. The molecule has 22 heavy (non-hydrogen) atoms. The first-order valence-electron chi connectivity index (χ1n) is 8.04. The lowest BCUT2D eigenvalue weighted by Crippen LogP contribution is -2.37. The Morgan fingerprint density at radius 3 is 2.45 bits per heavy atom. The summed E-state index contributed by atoms with van der Waals surface area (Å²) in [5.41, 5.74) is 2.73. The predicted molar refractivity (Wildman–Crippen MR) is 95.2 cm³/mol. The van der Waals surface area contributed by atoms with Crippen LogP contribution in [0.2, 0.25) is 0 Å². The topological polar surface area (TPSA) is 32.3 Å². The molecule has 1 atom stereocenters. The van der Waals surface area contributed by atoms with Gasteiger partial charge in [0.1, 0.15) is 5.37 Å². The summed E-state index contributed by atoms with van der Waals surface area (Å²) in [5, 5.41) is 3.55. The van der Waals surface area contributed by atoms with Crippen molar-refractivity contribution in [2.24, 2.45) is 0 Å². The fourth-order valence-electron chi connectivity index (χ4n) is 2.59. The molecule has 1 aromatic rings. The van der Waals surface area contributed by atoms with E-state index in [0.29, 0.717) is 11.8 Å². The second-order valence-electron chi connectivity index (χ2n) is 7.23. The SMILES string of the molecule is CC(C)NCCN1C(=O)CS[C@@H]1c1ccc(C(C)(C)C)cc1. The maximum atomic E-state index is 12.1. The van der Waals surface area contributed by atoms with Crippen LogP contribution in [-0.2, 0) is 10.2 Å². The molecular formula is C18H28N2OS. The van der Waals surface area contributed by atoms with E-state index < -0.39 is 0 Å². The molecule has 0 aliphatic carbocycles. The van der Waals surface area contributed by atoms with Crippen LogP contribution < -0.4 is 5.32 Å². The van der Waals surface area contributed by atoms with Crippen molar-refractivity contribution in [3.05, 3.63) is 35.4 Å². The Bertz CT molecular complexity index is 505. The molecule has 1 amide bonds. The molecule has 1 heterocycles. The summed E-state index contributed by atoms with van der Waals surface area (Å²) >= 11 is 1.73. The Morgan fingerprint density at radius 2 is 1.91 bits per heavy atom. The standard InChI is InChI=1S/C18H28N2OS/c1-13(2)19-10-11-20-16(21)12-22-17(20)14-6-8-15(9-7-14)18(3,4)5/h6-9,13,17,19H,10-12H2,1-5H3/t17-/m1/s1. The molecule has 1 saturated heterocycles. The van der Waals surface area contributed by atoms with Crippen LogP contribution in [0, 0.1) is 0 Å². The second-order valence-corrected chi connectivity index (χ2v) is 8.30. The Labute approximate surface area is 138 Å². The molecule has 0 saturated carbocycles. The second kappa shape index (κ2) is 7.05. The van der Waals surface area contributed by atoms with Crippen LogP contribution >= 0.6 is 11.8 Å². The lowest BCUT2D eigenvalue weighted by Gasteiger charge is -2.26. The average molecular weight is 321 g/mol. The zero-order valence-corrected chi connectivity index (χ0v) is 15.2. The van der Waals surface area contributed by atoms with E-state index in [2.05, 4.69) is 64.2 Å². The van der Waals surface area contributed by atoms with Gasteiger partial charge in [-0.05, 0) is 16.5 Å². The van der Waals surface area contributed by atoms with Crippen molar-refractivity contribution in [3.8, 4) is 0 Å². The quantitative estimate of drug-likeness (QED) is 0.900. The largest absolute Gasteiger partial charge is 0.325 e. The van der Waals surface area contributed by atoms with Crippen molar-refractivity contribution in [2.75, 3.05) is 18.8 Å². The predicted octanol–water partition coefficient (Wildman–Crippen LogP) is 3.56. The summed E-state index contributed by atoms with van der Waals surface area (Å²) in [7, 11) is 0. The van der Waals surface area contributed by atoms with Gasteiger partial charge in [-0.15, -0.1) is 11.8 Å². The molecule has 1 aliphatic heterocycles. The number of thioether (sulfide) groups is 1. The van der Waals surface area contributed by atoms with Crippen LogP contribution in [0.4, 0.5) is 0 Å². The number of carbonyl (C=O) groups is 1. The molecule has 2 rings (SSSR count). The number of amides is 1. The van der Waals surface area contributed by atoms with E-state index in [1.165, 1.54) is 11.1 Å². The van der Waals surface area contributed by atoms with E-state index in [0.717, 1.165) is 13.1 Å². The molecule has 0 bridgehead atoms. The molecular weight excluding hydrogens is 292 g/mol. The Kier molecular flexibility index (Phi) is 5.56. The third kappa shape index (κ3) is 4.26. The number of nitrogens with one attached hydrogen (secondary N) is 1. The lowest BCUT2D eigenvalue weighted by atomic mass is 9.87. The zero-order chi connectivity index (χ0) is 16.3. The van der Waals surface area contributed by atoms with Crippen molar-refractivity contribution in [1.29, 1.82) is 0 Å². The molecule has 4 heteroatoms. The van der Waals surface area contributed by atoms with Crippen molar-refractivity contribution in [3.63, 3.8) is 0 Å². The first-order valence-corrected chi connectivity index (χ1v) is 9.09. The molecule has 1 aromatic carbocycles. The molecule has 1 fully saturated rings. The fourth-order valence-corrected chi connectivity index (χ4v) is 3.81. The van der Waals surface area contributed by atoms with Crippen LogP contribution in [0.25, 0.3) is 0 Å². The van der Waals surface area contributed by atoms with Gasteiger partial charge in [0.15, 0.2) is 0 Å². The van der Waals surface area contributed by atoms with Gasteiger partial charge in [-0.2, -0.15) is 0 Å². The highest BCUT2D eigenvalue weighted by molar-refractivity contribution is 8.00. The normalized spacial score (nSPS) is 19.3. The van der Waals surface area contributed by atoms with Crippen molar-refractivity contribution < 1.29 is 4.79 Å². The molecule has 1 N–H and O–H groups in total. The van der Waals surface area contributed by atoms with Gasteiger partial charge in [-0.1, -0.05) is 58.9 Å².